The van der Waals surface area contributed by atoms with Crippen molar-refractivity contribution in [3.63, 3.8) is 0 Å². The Morgan fingerprint density at radius 1 is 1.36 bits per heavy atom. The summed E-state index contributed by atoms with van der Waals surface area (Å²) in [6.45, 7) is 0.312. The molecule has 5 heteroatoms. The molecule has 1 aliphatic heterocycles. The van der Waals surface area contributed by atoms with Crippen LogP contribution in [0.3, 0.4) is 0 Å². The number of nitrogens with one attached hydrogen (secondary N) is 1. The van der Waals surface area contributed by atoms with Crippen LogP contribution in [0.2, 0.25) is 0 Å². The maximum atomic E-state index is 7.20. The van der Waals surface area contributed by atoms with Crippen LogP contribution in [0.1, 0.15) is 0 Å². The zero-order chi connectivity index (χ0) is 9.26. The van der Waals surface area contributed by atoms with Crippen molar-refractivity contribution >= 4 is 18.2 Å². The zero-order valence-corrected chi connectivity index (χ0v) is 8.21. The molecule has 0 amide bonds. The van der Waals surface area contributed by atoms with Crippen LogP contribution in [0.5, 0.6) is 11.5 Å². The molecule has 14 heavy (non-hydrogen) atoms. The Labute approximate surface area is 87.9 Å². The second kappa shape index (κ2) is 4.19. The van der Waals surface area contributed by atoms with Gasteiger partial charge in [0.1, 0.15) is 12.4 Å². The lowest BCUT2D eigenvalue weighted by molar-refractivity contribution is 0.133. The fourth-order valence-electron chi connectivity index (χ4n) is 1.17. The fraction of sp³-hybridized carbons (Fsp3) is 0.222. The van der Waals surface area contributed by atoms with E-state index in [4.69, 9.17) is 20.6 Å². The molecular formula is C9H11ClN2O2. The van der Waals surface area contributed by atoms with Gasteiger partial charge in [0.15, 0.2) is 17.6 Å². The highest BCUT2D eigenvalue weighted by atomic mass is 35.5. The van der Waals surface area contributed by atoms with E-state index >= 15 is 0 Å². The van der Waals surface area contributed by atoms with E-state index in [0.717, 1.165) is 0 Å². The second-order valence-electron chi connectivity index (χ2n) is 2.82. The van der Waals surface area contributed by atoms with Gasteiger partial charge in [-0.05, 0) is 12.1 Å². The highest BCUT2D eigenvalue weighted by Crippen LogP contribution is 2.30. The molecule has 0 fully saturated rings. The number of rotatable bonds is 1. The van der Waals surface area contributed by atoms with Gasteiger partial charge in [0, 0.05) is 0 Å². The van der Waals surface area contributed by atoms with E-state index in [9.17, 15) is 0 Å². The molecule has 2 rings (SSSR count). The number of nitrogens with two attached hydrogens (primary N) is 1. The van der Waals surface area contributed by atoms with E-state index < -0.39 is 6.10 Å². The van der Waals surface area contributed by atoms with Crippen LogP contribution in [-0.4, -0.2) is 18.5 Å². The Bertz CT molecular complexity index is 343. The molecular weight excluding hydrogens is 204 g/mol. The summed E-state index contributed by atoms with van der Waals surface area (Å²) in [5, 5.41) is 7.20. The normalized spacial score (nSPS) is 18.1. The van der Waals surface area contributed by atoms with E-state index in [2.05, 4.69) is 0 Å². The Hall–Kier alpha value is -1.42. The van der Waals surface area contributed by atoms with Gasteiger partial charge < -0.3 is 15.2 Å². The number of para-hydroxylation sites is 2. The summed E-state index contributed by atoms with van der Waals surface area (Å²) in [4.78, 5) is 0. The first kappa shape index (κ1) is 10.7. The molecule has 76 valence electrons. The summed E-state index contributed by atoms with van der Waals surface area (Å²) in [5.41, 5.74) is 5.30. The predicted octanol–water partition coefficient (Wildman–Crippen LogP) is 1.18. The molecule has 4 nitrogen and oxygen atoms in total. The van der Waals surface area contributed by atoms with Crippen molar-refractivity contribution in [2.45, 2.75) is 6.10 Å². The molecule has 1 heterocycles. The summed E-state index contributed by atoms with van der Waals surface area (Å²) in [6, 6.07) is 7.34. The van der Waals surface area contributed by atoms with Gasteiger partial charge >= 0.3 is 0 Å². The van der Waals surface area contributed by atoms with Crippen molar-refractivity contribution in [1.82, 2.24) is 0 Å². The maximum absolute atomic E-state index is 7.20. The number of ether oxygens (including phenoxy) is 2. The zero-order valence-electron chi connectivity index (χ0n) is 7.40. The molecule has 0 saturated carbocycles. The van der Waals surface area contributed by atoms with Crippen LogP contribution in [-0.2, 0) is 0 Å². The van der Waals surface area contributed by atoms with E-state index in [0.29, 0.717) is 18.1 Å². The summed E-state index contributed by atoms with van der Waals surface area (Å²) >= 11 is 0. The predicted molar refractivity (Wildman–Crippen MR) is 55.5 cm³/mol. The molecule has 1 aliphatic rings. The monoisotopic (exact) mass is 214 g/mol. The molecule has 0 spiro atoms. The van der Waals surface area contributed by atoms with Crippen molar-refractivity contribution in [2.75, 3.05) is 6.61 Å². The van der Waals surface area contributed by atoms with Crippen molar-refractivity contribution in [3.8, 4) is 11.5 Å². The third kappa shape index (κ3) is 1.90. The van der Waals surface area contributed by atoms with E-state index in [1.165, 1.54) is 0 Å². The summed E-state index contributed by atoms with van der Waals surface area (Å²) in [6.07, 6.45) is -0.449. The third-order valence-corrected chi connectivity index (χ3v) is 1.86. The molecule has 0 aliphatic carbocycles. The SMILES string of the molecule is Cl.N=C(N)C1COc2ccccc2O1. The highest BCUT2D eigenvalue weighted by Gasteiger charge is 2.22. The third-order valence-electron chi connectivity index (χ3n) is 1.86. The van der Waals surface area contributed by atoms with Crippen molar-refractivity contribution in [3.05, 3.63) is 24.3 Å². The molecule has 0 radical (unpaired) electrons. The van der Waals surface area contributed by atoms with Crippen LogP contribution in [0.15, 0.2) is 24.3 Å². The number of halogens is 1. The first-order chi connectivity index (χ1) is 6.27. The molecule has 0 aromatic heterocycles. The minimum atomic E-state index is -0.449. The Morgan fingerprint density at radius 3 is 2.64 bits per heavy atom. The molecule has 0 saturated heterocycles. The van der Waals surface area contributed by atoms with E-state index in [1.807, 2.05) is 18.2 Å². The first-order valence-corrected chi connectivity index (χ1v) is 4.00. The number of hydrogen-bond donors (Lipinski definition) is 2. The molecule has 1 aromatic carbocycles. The van der Waals surface area contributed by atoms with E-state index in [-0.39, 0.29) is 18.2 Å². The summed E-state index contributed by atoms with van der Waals surface area (Å²) < 4.78 is 10.8. The van der Waals surface area contributed by atoms with Crippen LogP contribution in [0.4, 0.5) is 0 Å². The first-order valence-electron chi connectivity index (χ1n) is 4.00. The van der Waals surface area contributed by atoms with E-state index in [1.54, 1.807) is 6.07 Å². The summed E-state index contributed by atoms with van der Waals surface area (Å²) in [5.74, 6) is 1.35. The highest BCUT2D eigenvalue weighted by molar-refractivity contribution is 5.85. The Kier molecular flexibility index (Phi) is 3.19. The van der Waals surface area contributed by atoms with Gasteiger partial charge in [-0.25, -0.2) is 0 Å². The smallest absolute Gasteiger partial charge is 0.189 e. The topological polar surface area (TPSA) is 68.3 Å². The van der Waals surface area contributed by atoms with Crippen LogP contribution < -0.4 is 15.2 Å². The van der Waals surface area contributed by atoms with Crippen LogP contribution in [0.25, 0.3) is 0 Å². The molecule has 1 aromatic rings. The van der Waals surface area contributed by atoms with Crippen LogP contribution >= 0.6 is 12.4 Å². The average Bonchev–Trinajstić information content (AvgIpc) is 2.17. The Balaban J connectivity index is 0.000000980. The van der Waals surface area contributed by atoms with Gasteiger partial charge in [-0.3, -0.25) is 5.41 Å². The van der Waals surface area contributed by atoms with Gasteiger partial charge in [-0.2, -0.15) is 0 Å². The van der Waals surface area contributed by atoms with Crippen molar-refractivity contribution in [1.29, 1.82) is 5.41 Å². The summed E-state index contributed by atoms with van der Waals surface area (Å²) in [7, 11) is 0. The maximum Gasteiger partial charge on any atom is 0.189 e. The van der Waals surface area contributed by atoms with Gasteiger partial charge in [0.25, 0.3) is 0 Å². The minimum Gasteiger partial charge on any atom is -0.485 e. The number of hydrogen-bond acceptors (Lipinski definition) is 3. The minimum absolute atomic E-state index is 0. The number of benzene rings is 1. The van der Waals surface area contributed by atoms with Gasteiger partial charge in [-0.15, -0.1) is 12.4 Å². The van der Waals surface area contributed by atoms with Crippen LogP contribution in [0, 0.1) is 5.41 Å². The lowest BCUT2D eigenvalue weighted by Crippen LogP contribution is -2.40. The molecule has 3 N–H and O–H groups in total. The lowest BCUT2D eigenvalue weighted by atomic mass is 10.2. The average molecular weight is 215 g/mol. The van der Waals surface area contributed by atoms with Crippen molar-refractivity contribution in [2.24, 2.45) is 5.73 Å². The van der Waals surface area contributed by atoms with Gasteiger partial charge in [0.2, 0.25) is 0 Å². The quantitative estimate of drug-likeness (QED) is 0.545. The molecule has 1 unspecified atom stereocenters. The fourth-order valence-corrected chi connectivity index (χ4v) is 1.17. The number of fused-ring (bicyclic) bond motifs is 1. The van der Waals surface area contributed by atoms with Gasteiger partial charge in [0.05, 0.1) is 0 Å². The molecule has 0 bridgehead atoms. The largest absolute Gasteiger partial charge is 0.485 e. The standard InChI is InChI=1S/C9H10N2O2.ClH/c10-9(11)8-5-12-6-3-1-2-4-7(6)13-8;/h1-4,8H,5H2,(H3,10,11);1H. The lowest BCUT2D eigenvalue weighted by Gasteiger charge is -2.25. The molecule has 1 atom stereocenters. The van der Waals surface area contributed by atoms with Gasteiger partial charge in [-0.1, -0.05) is 12.1 Å². The number of amidine groups is 1. The van der Waals surface area contributed by atoms with Crippen molar-refractivity contribution < 1.29 is 9.47 Å². The second-order valence-corrected chi connectivity index (χ2v) is 2.82. The Morgan fingerprint density at radius 2 is 2.00 bits per heavy atom.